The summed E-state index contributed by atoms with van der Waals surface area (Å²) in [6, 6.07) is 13.2. The Morgan fingerprint density at radius 2 is 1.83 bits per heavy atom. The van der Waals surface area contributed by atoms with Gasteiger partial charge in [0.1, 0.15) is 0 Å². The van der Waals surface area contributed by atoms with Gasteiger partial charge < -0.3 is 10.1 Å². The van der Waals surface area contributed by atoms with Crippen molar-refractivity contribution < 1.29 is 22.7 Å². The molecule has 0 saturated heterocycles. The second kappa shape index (κ2) is 9.19. The number of nitrogens with one attached hydrogen (secondary N) is 2. The van der Waals surface area contributed by atoms with Crippen LogP contribution >= 0.6 is 0 Å². The predicted octanol–water partition coefficient (Wildman–Crippen LogP) is 2.34. The Morgan fingerprint density at radius 3 is 2.55 bits per heavy atom. The normalized spacial score (nSPS) is 16.0. The Labute approximate surface area is 170 Å². The van der Waals surface area contributed by atoms with Gasteiger partial charge in [-0.25, -0.2) is 17.9 Å². The third-order valence-corrected chi connectivity index (χ3v) is 6.22. The van der Waals surface area contributed by atoms with E-state index in [-0.39, 0.29) is 29.7 Å². The topological polar surface area (TPSA) is 102 Å². The maximum atomic E-state index is 12.4. The fourth-order valence-electron chi connectivity index (χ4n) is 3.38. The summed E-state index contributed by atoms with van der Waals surface area (Å²) in [6.45, 7) is 1.57. The second-order valence-corrected chi connectivity index (χ2v) is 8.55. The number of fused-ring (bicyclic) bond motifs is 1. The van der Waals surface area contributed by atoms with Gasteiger partial charge in [0.15, 0.2) is 0 Å². The van der Waals surface area contributed by atoms with E-state index in [1.54, 1.807) is 6.92 Å². The summed E-state index contributed by atoms with van der Waals surface area (Å²) in [7, 11) is -3.87. The number of benzene rings is 2. The molecule has 0 saturated carbocycles. The van der Waals surface area contributed by atoms with Gasteiger partial charge in [0.25, 0.3) is 0 Å². The van der Waals surface area contributed by atoms with Gasteiger partial charge in [-0.1, -0.05) is 24.3 Å². The van der Waals surface area contributed by atoms with Crippen LogP contribution in [-0.2, 0) is 26.0 Å². The predicted molar refractivity (Wildman–Crippen MR) is 108 cm³/mol. The Hall–Kier alpha value is -2.71. The maximum absolute atomic E-state index is 12.4. The van der Waals surface area contributed by atoms with E-state index in [0.29, 0.717) is 0 Å². The van der Waals surface area contributed by atoms with Crippen molar-refractivity contribution in [2.24, 2.45) is 0 Å². The summed E-state index contributed by atoms with van der Waals surface area (Å²) in [4.78, 5) is 23.9. The highest BCUT2D eigenvalue weighted by Gasteiger charge is 2.22. The number of carbonyl (C=O) groups excluding carboxylic acids is 2. The van der Waals surface area contributed by atoms with Crippen LogP contribution in [0.15, 0.2) is 53.4 Å². The Bertz CT molecular complexity index is 986. The zero-order chi connectivity index (χ0) is 20.9. The quantitative estimate of drug-likeness (QED) is 0.675. The van der Waals surface area contributed by atoms with Crippen LogP contribution < -0.4 is 10.0 Å². The lowest BCUT2D eigenvalue weighted by atomic mass is 9.88. The zero-order valence-corrected chi connectivity index (χ0v) is 17.0. The average Bonchev–Trinajstić information content (AvgIpc) is 2.73. The van der Waals surface area contributed by atoms with Crippen LogP contribution in [0, 0.1) is 0 Å². The molecule has 0 unspecified atom stereocenters. The summed E-state index contributed by atoms with van der Waals surface area (Å²) in [5.74, 6) is -0.907. The van der Waals surface area contributed by atoms with Gasteiger partial charge in [0.05, 0.1) is 29.7 Å². The number of hydrogen-bond donors (Lipinski definition) is 2. The van der Waals surface area contributed by atoms with Crippen molar-refractivity contribution in [3.63, 3.8) is 0 Å². The molecule has 7 nitrogen and oxygen atoms in total. The molecule has 1 aliphatic carbocycles. The third kappa shape index (κ3) is 5.21. The molecule has 154 valence electrons. The molecule has 0 spiro atoms. The molecule has 0 heterocycles. The van der Waals surface area contributed by atoms with E-state index in [4.69, 9.17) is 4.74 Å². The number of rotatable bonds is 7. The van der Waals surface area contributed by atoms with Crippen molar-refractivity contribution in [3.8, 4) is 0 Å². The van der Waals surface area contributed by atoms with E-state index in [1.165, 1.54) is 29.8 Å². The van der Waals surface area contributed by atoms with Crippen molar-refractivity contribution in [2.75, 3.05) is 13.2 Å². The first-order chi connectivity index (χ1) is 13.9. The molecule has 8 heteroatoms. The summed E-state index contributed by atoms with van der Waals surface area (Å²) in [5, 5.41) is 2.91. The van der Waals surface area contributed by atoms with Crippen LogP contribution in [0.1, 0.15) is 47.3 Å². The number of amides is 1. The number of hydrogen-bond acceptors (Lipinski definition) is 5. The van der Waals surface area contributed by atoms with E-state index in [1.807, 2.05) is 18.2 Å². The van der Waals surface area contributed by atoms with Crippen LogP contribution in [-0.4, -0.2) is 33.4 Å². The van der Waals surface area contributed by atoms with Crippen molar-refractivity contribution in [1.29, 1.82) is 0 Å². The number of carbonyl (C=O) groups is 2. The fraction of sp³-hybridized carbons (Fsp3) is 0.333. The zero-order valence-electron chi connectivity index (χ0n) is 16.2. The van der Waals surface area contributed by atoms with Gasteiger partial charge in [-0.2, -0.15) is 0 Å². The lowest BCUT2D eigenvalue weighted by Gasteiger charge is -2.26. The molecule has 0 aromatic heterocycles. The molecule has 1 atom stereocenters. The molecular formula is C21H24N2O5S. The number of esters is 1. The van der Waals surface area contributed by atoms with Gasteiger partial charge in [-0.15, -0.1) is 0 Å². The van der Waals surface area contributed by atoms with Gasteiger partial charge in [-0.3, -0.25) is 4.79 Å². The van der Waals surface area contributed by atoms with Crippen molar-refractivity contribution in [1.82, 2.24) is 10.0 Å². The monoisotopic (exact) mass is 416 g/mol. The molecule has 2 aromatic carbocycles. The SMILES string of the molecule is CCOC(=O)c1ccc(S(=O)(=O)NCC(=O)N[C@H]2CCCc3ccccc32)cc1. The molecular weight excluding hydrogens is 392 g/mol. The molecule has 29 heavy (non-hydrogen) atoms. The second-order valence-electron chi connectivity index (χ2n) is 6.78. The summed E-state index contributed by atoms with van der Waals surface area (Å²) < 4.78 is 32.0. The first-order valence-electron chi connectivity index (χ1n) is 9.54. The van der Waals surface area contributed by atoms with E-state index in [2.05, 4.69) is 16.1 Å². The van der Waals surface area contributed by atoms with Gasteiger partial charge in [0.2, 0.25) is 15.9 Å². The highest BCUT2D eigenvalue weighted by atomic mass is 32.2. The Morgan fingerprint density at radius 1 is 1.10 bits per heavy atom. The van der Waals surface area contributed by atoms with Crippen molar-refractivity contribution in [2.45, 2.75) is 37.1 Å². The molecule has 0 fully saturated rings. The van der Waals surface area contributed by atoms with Crippen LogP contribution in [0.3, 0.4) is 0 Å². The van der Waals surface area contributed by atoms with Crippen molar-refractivity contribution in [3.05, 3.63) is 65.2 Å². The summed E-state index contributed by atoms with van der Waals surface area (Å²) >= 11 is 0. The summed E-state index contributed by atoms with van der Waals surface area (Å²) in [5.41, 5.74) is 2.57. The van der Waals surface area contributed by atoms with Crippen LogP contribution in [0.4, 0.5) is 0 Å². The Kier molecular flexibility index (Phi) is 6.66. The average molecular weight is 416 g/mol. The van der Waals surface area contributed by atoms with E-state index < -0.39 is 21.9 Å². The van der Waals surface area contributed by atoms with Gasteiger partial charge in [0, 0.05) is 0 Å². The van der Waals surface area contributed by atoms with E-state index in [0.717, 1.165) is 24.8 Å². The number of aryl methyl sites for hydroxylation is 1. The molecule has 2 aromatic rings. The molecule has 2 N–H and O–H groups in total. The molecule has 3 rings (SSSR count). The van der Waals surface area contributed by atoms with E-state index >= 15 is 0 Å². The maximum Gasteiger partial charge on any atom is 0.338 e. The lowest BCUT2D eigenvalue weighted by Crippen LogP contribution is -2.39. The van der Waals surface area contributed by atoms with Gasteiger partial charge >= 0.3 is 5.97 Å². The third-order valence-electron chi connectivity index (χ3n) is 4.80. The molecule has 0 radical (unpaired) electrons. The standard InChI is InChI=1S/C21H24N2O5S/c1-2-28-21(25)16-10-12-17(13-11-16)29(26,27)22-14-20(24)23-19-9-5-7-15-6-3-4-8-18(15)19/h3-4,6,8,10-13,19,22H,2,5,7,9,14H2,1H3,(H,23,24)/t19-/m0/s1. The van der Waals surface area contributed by atoms with Crippen LogP contribution in [0.2, 0.25) is 0 Å². The lowest BCUT2D eigenvalue weighted by molar-refractivity contribution is -0.120. The minimum atomic E-state index is -3.87. The van der Waals surface area contributed by atoms with Gasteiger partial charge in [-0.05, 0) is 61.6 Å². The fourth-order valence-corrected chi connectivity index (χ4v) is 4.36. The molecule has 1 amide bonds. The number of ether oxygens (including phenoxy) is 1. The first-order valence-corrected chi connectivity index (χ1v) is 11.0. The number of sulfonamides is 1. The minimum absolute atomic E-state index is 0.0265. The highest BCUT2D eigenvalue weighted by Crippen LogP contribution is 2.29. The largest absolute Gasteiger partial charge is 0.462 e. The minimum Gasteiger partial charge on any atom is -0.462 e. The summed E-state index contributed by atoms with van der Waals surface area (Å²) in [6.07, 6.45) is 2.78. The molecule has 1 aliphatic rings. The van der Waals surface area contributed by atoms with Crippen molar-refractivity contribution >= 4 is 21.9 Å². The molecule has 0 aliphatic heterocycles. The Balaban J connectivity index is 1.59. The van der Waals surface area contributed by atoms with Crippen LogP contribution in [0.5, 0.6) is 0 Å². The van der Waals surface area contributed by atoms with E-state index in [9.17, 15) is 18.0 Å². The first kappa shape index (κ1) is 21.0. The van der Waals surface area contributed by atoms with Crippen LogP contribution in [0.25, 0.3) is 0 Å². The highest BCUT2D eigenvalue weighted by molar-refractivity contribution is 7.89. The molecule has 0 bridgehead atoms. The smallest absolute Gasteiger partial charge is 0.338 e.